The normalized spacial score (nSPS) is 19.0. The molecule has 0 aromatic carbocycles. The van der Waals surface area contributed by atoms with E-state index in [4.69, 9.17) is 9.47 Å². The predicted octanol–water partition coefficient (Wildman–Crippen LogP) is 0.206. The molecule has 0 aromatic heterocycles. The van der Waals surface area contributed by atoms with Crippen molar-refractivity contribution in [1.82, 2.24) is 10.2 Å². The number of piperidine rings is 1. The average Bonchev–Trinajstić information content (AvgIpc) is 2.27. The first-order valence-electron chi connectivity index (χ1n) is 5.70. The third-order valence-corrected chi connectivity index (χ3v) is 2.93. The van der Waals surface area contributed by atoms with Crippen molar-refractivity contribution in [2.45, 2.75) is 32.1 Å². The van der Waals surface area contributed by atoms with Crippen LogP contribution in [0.2, 0.25) is 0 Å². The first-order valence-corrected chi connectivity index (χ1v) is 5.70. The highest BCUT2D eigenvalue weighted by atomic mass is 16.7. The van der Waals surface area contributed by atoms with Crippen molar-refractivity contribution in [3.63, 3.8) is 0 Å². The van der Waals surface area contributed by atoms with Crippen molar-refractivity contribution >= 4 is 5.91 Å². The van der Waals surface area contributed by atoms with Crippen LogP contribution >= 0.6 is 0 Å². The average molecular weight is 230 g/mol. The van der Waals surface area contributed by atoms with Crippen LogP contribution in [0.3, 0.4) is 0 Å². The topological polar surface area (TPSA) is 50.8 Å². The monoisotopic (exact) mass is 230 g/mol. The van der Waals surface area contributed by atoms with E-state index in [1.165, 1.54) is 0 Å². The molecule has 1 fully saturated rings. The van der Waals surface area contributed by atoms with Gasteiger partial charge in [-0.3, -0.25) is 9.69 Å². The Balaban J connectivity index is 2.23. The Hall–Kier alpha value is -0.650. The van der Waals surface area contributed by atoms with Crippen molar-refractivity contribution in [2.24, 2.45) is 0 Å². The zero-order valence-corrected chi connectivity index (χ0v) is 10.4. The van der Waals surface area contributed by atoms with Gasteiger partial charge in [0.05, 0.1) is 0 Å². The van der Waals surface area contributed by atoms with Crippen LogP contribution in [0, 0.1) is 0 Å². The summed E-state index contributed by atoms with van der Waals surface area (Å²) in [6.45, 7) is 4.32. The van der Waals surface area contributed by atoms with Gasteiger partial charge in [-0.2, -0.15) is 0 Å². The molecule has 1 N–H and O–H groups in total. The van der Waals surface area contributed by atoms with Crippen molar-refractivity contribution in [3.8, 4) is 0 Å². The van der Waals surface area contributed by atoms with E-state index >= 15 is 0 Å². The fraction of sp³-hybridized carbons (Fsp3) is 0.909. The lowest BCUT2D eigenvalue weighted by Gasteiger charge is -2.33. The van der Waals surface area contributed by atoms with Crippen LogP contribution in [-0.4, -0.2) is 57.0 Å². The fourth-order valence-corrected chi connectivity index (χ4v) is 2.00. The number of carbonyl (C=O) groups is 1. The molecule has 1 saturated heterocycles. The lowest BCUT2D eigenvalue weighted by atomic mass is 10.1. The molecule has 1 rings (SSSR count). The van der Waals surface area contributed by atoms with E-state index in [1.807, 2.05) is 0 Å². The van der Waals surface area contributed by atoms with Crippen LogP contribution < -0.4 is 5.32 Å². The van der Waals surface area contributed by atoms with Gasteiger partial charge in [-0.25, -0.2) is 0 Å². The maximum absolute atomic E-state index is 10.9. The molecule has 0 aliphatic carbocycles. The van der Waals surface area contributed by atoms with Crippen molar-refractivity contribution in [1.29, 1.82) is 0 Å². The number of nitrogens with one attached hydrogen (secondary N) is 1. The molecule has 5 nitrogen and oxygen atoms in total. The second-order valence-electron chi connectivity index (χ2n) is 4.18. The Labute approximate surface area is 97.1 Å². The maximum atomic E-state index is 10.9. The van der Waals surface area contributed by atoms with E-state index in [0.29, 0.717) is 6.04 Å². The summed E-state index contributed by atoms with van der Waals surface area (Å²) in [4.78, 5) is 13.2. The second-order valence-corrected chi connectivity index (χ2v) is 4.18. The highest BCUT2D eigenvalue weighted by Gasteiger charge is 2.21. The minimum Gasteiger partial charge on any atom is -0.355 e. The molecule has 0 unspecified atom stereocenters. The third kappa shape index (κ3) is 4.47. The van der Waals surface area contributed by atoms with Gasteiger partial charge in [-0.1, -0.05) is 0 Å². The molecule has 0 atom stereocenters. The van der Waals surface area contributed by atoms with E-state index in [-0.39, 0.29) is 12.2 Å². The number of rotatable bonds is 5. The Morgan fingerprint density at radius 3 is 2.38 bits per heavy atom. The van der Waals surface area contributed by atoms with Gasteiger partial charge < -0.3 is 14.8 Å². The zero-order valence-electron chi connectivity index (χ0n) is 10.4. The number of hydrogen-bond donors (Lipinski definition) is 1. The molecule has 0 saturated carbocycles. The van der Waals surface area contributed by atoms with Gasteiger partial charge in [-0.05, 0) is 12.8 Å². The van der Waals surface area contributed by atoms with Gasteiger partial charge in [-0.15, -0.1) is 0 Å². The van der Waals surface area contributed by atoms with Gasteiger partial charge in [0.1, 0.15) is 0 Å². The van der Waals surface area contributed by atoms with E-state index in [2.05, 4.69) is 10.2 Å². The van der Waals surface area contributed by atoms with Gasteiger partial charge in [0.15, 0.2) is 6.29 Å². The van der Waals surface area contributed by atoms with Crippen LogP contribution in [0.25, 0.3) is 0 Å². The van der Waals surface area contributed by atoms with Gasteiger partial charge >= 0.3 is 0 Å². The van der Waals surface area contributed by atoms with Crippen LogP contribution in [0.5, 0.6) is 0 Å². The summed E-state index contributed by atoms with van der Waals surface area (Å²) in [5.74, 6) is 0.0603. The Kier molecular flexibility index (Phi) is 5.73. The highest BCUT2D eigenvalue weighted by Crippen LogP contribution is 2.11. The minimum absolute atomic E-state index is 0.0603. The Bertz CT molecular complexity index is 211. The molecule has 5 heteroatoms. The molecule has 1 aliphatic heterocycles. The molecule has 16 heavy (non-hydrogen) atoms. The van der Waals surface area contributed by atoms with Crippen LogP contribution in [0.4, 0.5) is 0 Å². The Morgan fingerprint density at radius 1 is 1.38 bits per heavy atom. The van der Waals surface area contributed by atoms with Crippen LogP contribution in [-0.2, 0) is 14.3 Å². The smallest absolute Gasteiger partial charge is 0.217 e. The van der Waals surface area contributed by atoms with E-state index in [1.54, 1.807) is 21.1 Å². The quantitative estimate of drug-likeness (QED) is 0.686. The van der Waals surface area contributed by atoms with Gasteiger partial charge in [0.2, 0.25) is 5.91 Å². The van der Waals surface area contributed by atoms with E-state index in [0.717, 1.165) is 32.5 Å². The summed E-state index contributed by atoms with van der Waals surface area (Å²) in [6.07, 6.45) is 1.84. The molecule has 1 heterocycles. The van der Waals surface area contributed by atoms with Crippen LogP contribution in [0.1, 0.15) is 19.8 Å². The summed E-state index contributed by atoms with van der Waals surface area (Å²) in [5, 5.41) is 2.96. The number of ether oxygens (including phenoxy) is 2. The maximum Gasteiger partial charge on any atom is 0.217 e. The molecule has 0 bridgehead atoms. The van der Waals surface area contributed by atoms with Crippen molar-refractivity contribution < 1.29 is 14.3 Å². The summed E-state index contributed by atoms with van der Waals surface area (Å²) in [7, 11) is 3.30. The molecular formula is C11H22N2O3. The highest BCUT2D eigenvalue weighted by molar-refractivity contribution is 5.73. The van der Waals surface area contributed by atoms with Crippen LogP contribution in [0.15, 0.2) is 0 Å². The molecular weight excluding hydrogens is 208 g/mol. The zero-order chi connectivity index (χ0) is 12.0. The molecule has 0 spiro atoms. The molecule has 1 amide bonds. The second kappa shape index (κ2) is 6.83. The Morgan fingerprint density at radius 2 is 1.94 bits per heavy atom. The largest absolute Gasteiger partial charge is 0.355 e. The molecule has 0 radical (unpaired) electrons. The molecule has 0 aromatic rings. The lowest BCUT2D eigenvalue weighted by Crippen LogP contribution is -2.46. The first kappa shape index (κ1) is 13.4. The van der Waals surface area contributed by atoms with E-state index < -0.39 is 0 Å². The summed E-state index contributed by atoms with van der Waals surface area (Å²) in [6, 6.07) is 0.331. The molecule has 1 aliphatic rings. The SMILES string of the molecule is COC(CN1CCC(NC(C)=O)CC1)OC. The fourth-order valence-electron chi connectivity index (χ4n) is 2.00. The first-order chi connectivity index (χ1) is 7.65. The molecule has 94 valence electrons. The summed E-state index contributed by atoms with van der Waals surface area (Å²) in [5.41, 5.74) is 0. The minimum atomic E-state index is -0.155. The summed E-state index contributed by atoms with van der Waals surface area (Å²) >= 11 is 0. The number of likely N-dealkylation sites (tertiary alicyclic amines) is 1. The standard InChI is InChI=1S/C11H22N2O3/c1-9(14)12-10-4-6-13(7-5-10)8-11(15-2)16-3/h10-11H,4-8H2,1-3H3,(H,12,14). The van der Waals surface area contributed by atoms with E-state index in [9.17, 15) is 4.79 Å². The van der Waals surface area contributed by atoms with Crippen molar-refractivity contribution in [3.05, 3.63) is 0 Å². The lowest BCUT2D eigenvalue weighted by molar-refractivity contribution is -0.122. The number of amides is 1. The number of carbonyl (C=O) groups excluding carboxylic acids is 1. The van der Waals surface area contributed by atoms with Gasteiger partial charge in [0, 0.05) is 46.8 Å². The summed E-state index contributed by atoms with van der Waals surface area (Å²) < 4.78 is 10.3. The predicted molar refractivity (Wildman–Crippen MR) is 61.1 cm³/mol. The van der Waals surface area contributed by atoms with Crippen molar-refractivity contribution in [2.75, 3.05) is 33.9 Å². The number of hydrogen-bond acceptors (Lipinski definition) is 4. The number of methoxy groups -OCH3 is 2. The third-order valence-electron chi connectivity index (χ3n) is 2.93. The van der Waals surface area contributed by atoms with Gasteiger partial charge in [0.25, 0.3) is 0 Å². The number of nitrogens with zero attached hydrogens (tertiary/aromatic N) is 1.